The van der Waals surface area contributed by atoms with Crippen LogP contribution in [-0.4, -0.2) is 34.0 Å². The number of hydrogen-bond acceptors (Lipinski definition) is 6. The summed E-state index contributed by atoms with van der Waals surface area (Å²) >= 11 is 6.40. The first-order valence-corrected chi connectivity index (χ1v) is 11.2. The third kappa shape index (κ3) is 3.82. The molecule has 4 atom stereocenters. The SMILES string of the molecule is COc1cccc(C2C3C(NNC3c3cc(Cl)c(C)cc3O)C(=O)N2Cc2cccnc2)c1. The molecule has 2 aromatic carbocycles. The number of hydrazine groups is 1. The number of nitrogens with zero attached hydrogens (tertiary/aromatic N) is 2. The number of hydrogen-bond donors (Lipinski definition) is 3. The molecule has 0 radical (unpaired) electrons. The minimum absolute atomic E-state index is 0.00984. The number of carbonyl (C=O) groups excluding carboxylic acids is 1. The first kappa shape index (κ1) is 21.7. The summed E-state index contributed by atoms with van der Waals surface area (Å²) in [6, 6.07) is 14.0. The van der Waals surface area contributed by atoms with E-state index in [1.807, 2.05) is 48.2 Å². The van der Waals surface area contributed by atoms with Gasteiger partial charge in [-0.1, -0.05) is 29.8 Å². The lowest BCUT2D eigenvalue weighted by atomic mass is 9.83. The van der Waals surface area contributed by atoms with E-state index >= 15 is 0 Å². The molecule has 8 heteroatoms. The average molecular weight is 465 g/mol. The lowest BCUT2D eigenvalue weighted by molar-refractivity contribution is -0.131. The maximum Gasteiger partial charge on any atom is 0.242 e. The number of methoxy groups -OCH3 is 1. The van der Waals surface area contributed by atoms with Crippen LogP contribution in [0, 0.1) is 12.8 Å². The second-order valence-corrected chi connectivity index (χ2v) is 8.94. The first-order valence-electron chi connectivity index (χ1n) is 10.8. The Kier molecular flexibility index (Phi) is 5.70. The number of rotatable bonds is 5. The monoisotopic (exact) mass is 464 g/mol. The Morgan fingerprint density at radius 2 is 1.97 bits per heavy atom. The van der Waals surface area contributed by atoms with Crippen molar-refractivity contribution in [3.63, 3.8) is 0 Å². The van der Waals surface area contributed by atoms with Gasteiger partial charge in [-0.25, -0.2) is 10.9 Å². The van der Waals surface area contributed by atoms with E-state index in [9.17, 15) is 9.90 Å². The van der Waals surface area contributed by atoms with E-state index in [-0.39, 0.29) is 29.7 Å². The van der Waals surface area contributed by atoms with Crippen molar-refractivity contribution in [3.05, 3.63) is 88.2 Å². The molecule has 3 N–H and O–H groups in total. The van der Waals surface area contributed by atoms with E-state index in [2.05, 4.69) is 15.8 Å². The normalized spacial score (nSPS) is 24.2. The van der Waals surface area contributed by atoms with Crippen molar-refractivity contribution in [1.82, 2.24) is 20.7 Å². The number of fused-ring (bicyclic) bond motifs is 1. The Morgan fingerprint density at radius 1 is 1.15 bits per heavy atom. The fraction of sp³-hybridized carbons (Fsp3) is 0.280. The summed E-state index contributed by atoms with van der Waals surface area (Å²) in [7, 11) is 1.63. The van der Waals surface area contributed by atoms with Gasteiger partial charge in [0.1, 0.15) is 17.5 Å². The molecular weight excluding hydrogens is 440 g/mol. The number of likely N-dealkylation sites (tertiary alicyclic amines) is 1. The number of nitrogens with one attached hydrogen (secondary N) is 2. The molecule has 0 bridgehead atoms. The number of aryl methyl sites for hydroxylation is 1. The number of aromatic nitrogens is 1. The van der Waals surface area contributed by atoms with Crippen LogP contribution in [0.15, 0.2) is 60.9 Å². The molecule has 3 aromatic rings. The summed E-state index contributed by atoms with van der Waals surface area (Å²) in [6.45, 7) is 2.28. The van der Waals surface area contributed by atoms with Gasteiger partial charge >= 0.3 is 0 Å². The van der Waals surface area contributed by atoms with E-state index in [0.29, 0.717) is 17.1 Å². The standard InChI is InChI=1S/C25H25ClN4O3/c1-14-9-20(31)18(11-19(14)26)22-21-23(29-28-22)25(32)30(13-15-5-4-8-27-12-15)24(21)16-6-3-7-17(10-16)33-2/h3-12,21-24,28-29,31H,13H2,1-2H3. The van der Waals surface area contributed by atoms with Crippen molar-refractivity contribution in [2.75, 3.05) is 7.11 Å². The highest BCUT2D eigenvalue weighted by molar-refractivity contribution is 6.31. The molecule has 2 saturated heterocycles. The van der Waals surface area contributed by atoms with Crippen molar-refractivity contribution in [2.45, 2.75) is 31.6 Å². The lowest BCUT2D eigenvalue weighted by Crippen LogP contribution is -2.41. The van der Waals surface area contributed by atoms with E-state index in [1.165, 1.54) is 0 Å². The predicted octanol–water partition coefficient (Wildman–Crippen LogP) is 3.68. The molecular formula is C25H25ClN4O3. The predicted molar refractivity (Wildman–Crippen MR) is 125 cm³/mol. The summed E-state index contributed by atoms with van der Waals surface area (Å²) in [5.74, 6) is 0.677. The number of phenols is 1. The quantitative estimate of drug-likeness (QED) is 0.534. The molecule has 3 heterocycles. The fourth-order valence-corrected chi connectivity index (χ4v) is 5.16. The second kappa shape index (κ2) is 8.67. The molecule has 5 rings (SSSR count). The minimum Gasteiger partial charge on any atom is -0.508 e. The van der Waals surface area contributed by atoms with Crippen molar-refractivity contribution in [1.29, 1.82) is 0 Å². The van der Waals surface area contributed by atoms with Gasteiger partial charge < -0.3 is 14.7 Å². The smallest absolute Gasteiger partial charge is 0.242 e. The number of carbonyl (C=O) groups is 1. The largest absolute Gasteiger partial charge is 0.508 e. The van der Waals surface area contributed by atoms with Crippen LogP contribution in [0.5, 0.6) is 11.5 Å². The lowest BCUT2D eigenvalue weighted by Gasteiger charge is -2.31. The zero-order chi connectivity index (χ0) is 23.1. The van der Waals surface area contributed by atoms with Gasteiger partial charge in [0.05, 0.1) is 19.2 Å². The number of phenolic OH excluding ortho intramolecular Hbond substituents is 1. The Hall–Kier alpha value is -3.13. The molecule has 2 fully saturated rings. The van der Waals surface area contributed by atoms with Crippen LogP contribution in [0.2, 0.25) is 5.02 Å². The molecule has 33 heavy (non-hydrogen) atoms. The van der Waals surface area contributed by atoms with Crippen molar-refractivity contribution in [2.24, 2.45) is 5.92 Å². The molecule has 2 aliphatic heterocycles. The van der Waals surface area contributed by atoms with Gasteiger partial charge in [-0.05, 0) is 53.9 Å². The summed E-state index contributed by atoms with van der Waals surface area (Å²) in [6.07, 6.45) is 3.49. The van der Waals surface area contributed by atoms with Crippen LogP contribution in [0.1, 0.15) is 34.3 Å². The van der Waals surface area contributed by atoms with Crippen LogP contribution >= 0.6 is 11.6 Å². The topological polar surface area (TPSA) is 86.7 Å². The number of halogens is 1. The highest BCUT2D eigenvalue weighted by Gasteiger charge is 2.55. The highest BCUT2D eigenvalue weighted by Crippen LogP contribution is 2.49. The van der Waals surface area contributed by atoms with Crippen LogP contribution in [0.4, 0.5) is 0 Å². The van der Waals surface area contributed by atoms with Crippen molar-refractivity contribution >= 4 is 17.5 Å². The molecule has 0 spiro atoms. The number of pyridine rings is 1. The molecule has 1 amide bonds. The molecule has 0 saturated carbocycles. The summed E-state index contributed by atoms with van der Waals surface area (Å²) < 4.78 is 5.46. The van der Waals surface area contributed by atoms with E-state index in [4.69, 9.17) is 16.3 Å². The van der Waals surface area contributed by atoms with Crippen molar-refractivity contribution < 1.29 is 14.6 Å². The van der Waals surface area contributed by atoms with E-state index in [0.717, 1.165) is 22.4 Å². The van der Waals surface area contributed by atoms with Crippen molar-refractivity contribution in [3.8, 4) is 11.5 Å². The van der Waals surface area contributed by atoms with Gasteiger partial charge in [-0.15, -0.1) is 0 Å². The van der Waals surface area contributed by atoms with Gasteiger partial charge in [0.15, 0.2) is 0 Å². The van der Waals surface area contributed by atoms with Gasteiger partial charge in [0.2, 0.25) is 5.91 Å². The molecule has 7 nitrogen and oxygen atoms in total. The first-order chi connectivity index (χ1) is 16.0. The summed E-state index contributed by atoms with van der Waals surface area (Å²) in [5, 5.41) is 11.3. The van der Waals surface area contributed by atoms with Gasteiger partial charge in [0, 0.05) is 35.4 Å². The maximum atomic E-state index is 13.6. The van der Waals surface area contributed by atoms with Crippen LogP contribution in [0.3, 0.4) is 0 Å². The Balaban J connectivity index is 1.60. The number of aromatic hydroxyl groups is 1. The average Bonchev–Trinajstić information content (AvgIpc) is 3.36. The highest BCUT2D eigenvalue weighted by atomic mass is 35.5. The number of ether oxygens (including phenoxy) is 1. The third-order valence-corrected chi connectivity index (χ3v) is 6.97. The van der Waals surface area contributed by atoms with Crippen LogP contribution < -0.4 is 15.6 Å². The number of benzene rings is 2. The third-order valence-electron chi connectivity index (χ3n) is 6.57. The summed E-state index contributed by atoms with van der Waals surface area (Å²) in [4.78, 5) is 19.7. The van der Waals surface area contributed by atoms with E-state index in [1.54, 1.807) is 31.6 Å². The summed E-state index contributed by atoms with van der Waals surface area (Å²) in [5.41, 5.74) is 9.80. The second-order valence-electron chi connectivity index (χ2n) is 8.53. The molecule has 1 aromatic heterocycles. The Morgan fingerprint density at radius 3 is 2.73 bits per heavy atom. The maximum absolute atomic E-state index is 13.6. The van der Waals surface area contributed by atoms with Gasteiger partial charge in [-0.3, -0.25) is 9.78 Å². The minimum atomic E-state index is -0.456. The van der Waals surface area contributed by atoms with Gasteiger partial charge in [0.25, 0.3) is 0 Å². The molecule has 2 aliphatic rings. The van der Waals surface area contributed by atoms with Crippen LogP contribution in [-0.2, 0) is 11.3 Å². The zero-order valence-corrected chi connectivity index (χ0v) is 19.1. The molecule has 170 valence electrons. The van der Waals surface area contributed by atoms with Gasteiger partial charge in [-0.2, -0.15) is 0 Å². The molecule has 4 unspecified atom stereocenters. The Labute approximate surface area is 197 Å². The zero-order valence-electron chi connectivity index (χ0n) is 18.3. The van der Waals surface area contributed by atoms with E-state index < -0.39 is 6.04 Å². The van der Waals surface area contributed by atoms with Crippen LogP contribution in [0.25, 0.3) is 0 Å². The fourth-order valence-electron chi connectivity index (χ4n) is 4.99. The molecule has 0 aliphatic carbocycles. The Bertz CT molecular complexity index is 1190. The number of amides is 1.